The molecule has 0 spiro atoms. The highest BCUT2D eigenvalue weighted by Crippen LogP contribution is 2.33. The van der Waals surface area contributed by atoms with Crippen LogP contribution >= 0.6 is 0 Å². The Morgan fingerprint density at radius 1 is 1.17 bits per heavy atom. The lowest BCUT2D eigenvalue weighted by molar-refractivity contribution is 0.0963. The molecule has 0 unspecified atom stereocenters. The summed E-state index contributed by atoms with van der Waals surface area (Å²) in [6, 6.07) is 14.8. The summed E-state index contributed by atoms with van der Waals surface area (Å²) in [5.74, 6) is 0.626. The van der Waals surface area contributed by atoms with Gasteiger partial charge < -0.3 is 14.1 Å². The fourth-order valence-electron chi connectivity index (χ4n) is 3.34. The van der Waals surface area contributed by atoms with Gasteiger partial charge in [-0.15, -0.1) is 0 Å². The highest BCUT2D eigenvalue weighted by Gasteiger charge is 2.28. The number of carbonyl (C=O) groups is 1. The second kappa shape index (κ2) is 8.23. The molecule has 0 bridgehead atoms. The number of hydrogen-bond donors (Lipinski definition) is 1. The minimum atomic E-state index is -3.78. The molecule has 0 radical (unpaired) electrons. The molecule has 3 aromatic rings. The molecule has 0 saturated carbocycles. The number of sulfonamides is 1. The monoisotopic (exact) mass is 426 g/mol. The highest BCUT2D eigenvalue weighted by atomic mass is 32.2. The van der Waals surface area contributed by atoms with Gasteiger partial charge in [0.2, 0.25) is 0 Å². The second-order valence-corrected chi connectivity index (χ2v) is 8.64. The molecular formula is C22H22N2O5S. The average molecular weight is 426 g/mol. The van der Waals surface area contributed by atoms with E-state index in [-0.39, 0.29) is 16.6 Å². The number of rotatable bonds is 7. The zero-order valence-electron chi connectivity index (χ0n) is 16.5. The first kappa shape index (κ1) is 20.0. The Morgan fingerprint density at radius 3 is 2.67 bits per heavy atom. The maximum atomic E-state index is 12.8. The minimum absolute atomic E-state index is 0.135. The van der Waals surface area contributed by atoms with E-state index in [2.05, 4.69) is 4.72 Å². The van der Waals surface area contributed by atoms with Crippen LogP contribution in [0.4, 0.5) is 11.4 Å². The molecule has 0 atom stereocenters. The first-order valence-corrected chi connectivity index (χ1v) is 11.2. The third-order valence-electron chi connectivity index (χ3n) is 4.82. The van der Waals surface area contributed by atoms with Crippen molar-refractivity contribution in [3.63, 3.8) is 0 Å². The van der Waals surface area contributed by atoms with Gasteiger partial charge in [-0.05, 0) is 66.9 Å². The molecule has 156 valence electrons. The maximum Gasteiger partial charge on any atom is 0.293 e. The number of hydrogen-bond acceptors (Lipinski definition) is 5. The van der Waals surface area contributed by atoms with Gasteiger partial charge in [0.15, 0.2) is 5.76 Å². The van der Waals surface area contributed by atoms with Crippen molar-refractivity contribution in [1.82, 2.24) is 0 Å². The number of nitrogens with zero attached hydrogens (tertiary/aromatic N) is 1. The molecule has 2 heterocycles. The van der Waals surface area contributed by atoms with Crippen molar-refractivity contribution in [2.45, 2.75) is 24.7 Å². The van der Waals surface area contributed by atoms with Crippen molar-refractivity contribution in [1.29, 1.82) is 0 Å². The smallest absolute Gasteiger partial charge is 0.293 e. The lowest BCUT2D eigenvalue weighted by atomic mass is 10.1. The van der Waals surface area contributed by atoms with Crippen molar-refractivity contribution in [3.8, 4) is 5.75 Å². The number of amides is 1. The van der Waals surface area contributed by atoms with Crippen molar-refractivity contribution in [3.05, 3.63) is 72.2 Å². The van der Waals surface area contributed by atoms with Crippen molar-refractivity contribution in [2.24, 2.45) is 0 Å². The number of benzene rings is 2. The Kier molecular flexibility index (Phi) is 5.50. The van der Waals surface area contributed by atoms with Gasteiger partial charge in [-0.2, -0.15) is 0 Å². The summed E-state index contributed by atoms with van der Waals surface area (Å²) >= 11 is 0. The van der Waals surface area contributed by atoms with Crippen LogP contribution in [-0.4, -0.2) is 27.5 Å². The predicted octanol–water partition coefficient (Wildman–Crippen LogP) is 4.07. The Morgan fingerprint density at radius 2 is 1.97 bits per heavy atom. The van der Waals surface area contributed by atoms with Crippen LogP contribution in [0.15, 0.2) is 70.2 Å². The van der Waals surface area contributed by atoms with Gasteiger partial charge in [0.25, 0.3) is 15.9 Å². The molecule has 1 N–H and O–H groups in total. The molecular weight excluding hydrogens is 404 g/mol. The van der Waals surface area contributed by atoms with E-state index in [9.17, 15) is 13.2 Å². The molecule has 1 aliphatic rings. The Balaban J connectivity index is 1.54. The summed E-state index contributed by atoms with van der Waals surface area (Å²) in [4.78, 5) is 14.4. The largest absolute Gasteiger partial charge is 0.494 e. The number of fused-ring (bicyclic) bond motifs is 1. The molecule has 0 fully saturated rings. The molecule has 1 amide bonds. The summed E-state index contributed by atoms with van der Waals surface area (Å²) < 4.78 is 38.9. The van der Waals surface area contributed by atoms with Gasteiger partial charge in [0.1, 0.15) is 5.75 Å². The van der Waals surface area contributed by atoms with Crippen LogP contribution in [0.2, 0.25) is 0 Å². The molecule has 4 rings (SSSR count). The summed E-state index contributed by atoms with van der Waals surface area (Å²) in [5, 5.41) is 0. The van der Waals surface area contributed by atoms with Crippen LogP contribution in [0.5, 0.6) is 5.75 Å². The lowest BCUT2D eigenvalue weighted by Gasteiger charge is -2.17. The van der Waals surface area contributed by atoms with E-state index in [1.54, 1.807) is 41.3 Å². The molecule has 2 aromatic carbocycles. The zero-order valence-corrected chi connectivity index (χ0v) is 17.3. The summed E-state index contributed by atoms with van der Waals surface area (Å²) in [6.07, 6.45) is 3.03. The number of anilines is 2. The van der Waals surface area contributed by atoms with Crippen LogP contribution in [-0.2, 0) is 16.4 Å². The van der Waals surface area contributed by atoms with Crippen LogP contribution in [0.25, 0.3) is 0 Å². The molecule has 8 heteroatoms. The molecule has 0 saturated heterocycles. The third kappa shape index (κ3) is 4.04. The number of carbonyl (C=O) groups excluding carboxylic acids is 1. The standard InChI is InChI=1S/C22H22N2O5S/c1-2-13-28-18-7-9-19(10-8-18)30(26,27)23-17-6-5-16-11-12-24(20(16)15-17)22(25)21-4-3-14-29-21/h3-10,14-15,23H,2,11-13H2,1H3. The van der Waals surface area contributed by atoms with Gasteiger partial charge in [-0.25, -0.2) is 8.42 Å². The van der Waals surface area contributed by atoms with Gasteiger partial charge >= 0.3 is 0 Å². The predicted molar refractivity (Wildman–Crippen MR) is 114 cm³/mol. The van der Waals surface area contributed by atoms with Crippen LogP contribution in [0, 0.1) is 0 Å². The van der Waals surface area contributed by atoms with E-state index in [0.717, 1.165) is 12.0 Å². The van der Waals surface area contributed by atoms with Crippen molar-refractivity contribution < 1.29 is 22.4 Å². The second-order valence-electron chi connectivity index (χ2n) is 6.95. The number of ether oxygens (including phenoxy) is 1. The van der Waals surface area contributed by atoms with Gasteiger partial charge in [0, 0.05) is 12.2 Å². The zero-order chi connectivity index (χ0) is 21.1. The summed E-state index contributed by atoms with van der Waals surface area (Å²) in [5.41, 5.74) is 2.05. The SMILES string of the molecule is CCCOc1ccc(S(=O)(=O)Nc2ccc3c(c2)N(C(=O)c2ccco2)CC3)cc1. The van der Waals surface area contributed by atoms with E-state index in [0.29, 0.717) is 36.7 Å². The molecule has 1 aliphatic heterocycles. The molecule has 7 nitrogen and oxygen atoms in total. The molecule has 1 aromatic heterocycles. The van der Waals surface area contributed by atoms with Gasteiger partial charge in [-0.1, -0.05) is 13.0 Å². The molecule has 30 heavy (non-hydrogen) atoms. The van der Waals surface area contributed by atoms with E-state index in [1.165, 1.54) is 18.4 Å². The number of furan rings is 1. The first-order chi connectivity index (χ1) is 14.5. The van der Waals surface area contributed by atoms with Gasteiger partial charge in [-0.3, -0.25) is 9.52 Å². The lowest BCUT2D eigenvalue weighted by Crippen LogP contribution is -2.28. The van der Waals surface area contributed by atoms with Crippen LogP contribution < -0.4 is 14.4 Å². The fraction of sp³-hybridized carbons (Fsp3) is 0.227. The minimum Gasteiger partial charge on any atom is -0.494 e. The third-order valence-corrected chi connectivity index (χ3v) is 6.21. The maximum absolute atomic E-state index is 12.8. The van der Waals surface area contributed by atoms with Crippen LogP contribution in [0.1, 0.15) is 29.5 Å². The quantitative estimate of drug-likeness (QED) is 0.615. The number of nitrogens with one attached hydrogen (secondary N) is 1. The average Bonchev–Trinajstić information content (AvgIpc) is 3.42. The van der Waals surface area contributed by atoms with Crippen LogP contribution in [0.3, 0.4) is 0 Å². The topological polar surface area (TPSA) is 88.9 Å². The summed E-state index contributed by atoms with van der Waals surface area (Å²) in [7, 11) is -3.78. The Labute approximate surface area is 175 Å². The Bertz CT molecular complexity index is 1140. The summed E-state index contributed by atoms with van der Waals surface area (Å²) in [6.45, 7) is 3.10. The van der Waals surface area contributed by atoms with E-state index < -0.39 is 10.0 Å². The van der Waals surface area contributed by atoms with Gasteiger partial charge in [0.05, 0.1) is 23.5 Å². The van der Waals surface area contributed by atoms with Crippen molar-refractivity contribution >= 4 is 27.3 Å². The van der Waals surface area contributed by atoms with Crippen molar-refractivity contribution in [2.75, 3.05) is 22.8 Å². The normalized spacial score (nSPS) is 13.2. The van der Waals surface area contributed by atoms with E-state index in [1.807, 2.05) is 13.0 Å². The molecule has 0 aliphatic carbocycles. The fourth-order valence-corrected chi connectivity index (χ4v) is 4.39. The Hall–Kier alpha value is -3.26. The highest BCUT2D eigenvalue weighted by molar-refractivity contribution is 7.92. The van der Waals surface area contributed by atoms with E-state index >= 15 is 0 Å². The van der Waals surface area contributed by atoms with E-state index in [4.69, 9.17) is 9.15 Å². The first-order valence-electron chi connectivity index (χ1n) is 9.72.